The average molecular weight is 298 g/mol. The minimum absolute atomic E-state index is 0.155. The van der Waals surface area contributed by atoms with Gasteiger partial charge >= 0.3 is 6.18 Å². The van der Waals surface area contributed by atoms with Crippen molar-refractivity contribution in [2.24, 2.45) is 0 Å². The number of aryl methyl sites for hydroxylation is 1. The summed E-state index contributed by atoms with van der Waals surface area (Å²) in [5, 5.41) is 9.95. The van der Waals surface area contributed by atoms with Crippen molar-refractivity contribution in [2.75, 3.05) is 0 Å². The smallest absolute Gasteiger partial charge is 0.388 e. The predicted octanol–water partition coefficient (Wildman–Crippen LogP) is 4.51. The van der Waals surface area contributed by atoms with E-state index in [4.69, 9.17) is 0 Å². The number of aliphatic hydroxyl groups is 1. The van der Waals surface area contributed by atoms with Crippen LogP contribution in [0.5, 0.6) is 0 Å². The second-order valence-corrected chi connectivity index (χ2v) is 4.75. The molecule has 1 unspecified atom stereocenters. The van der Waals surface area contributed by atoms with E-state index in [9.17, 15) is 22.7 Å². The van der Waals surface area contributed by atoms with Gasteiger partial charge in [0.25, 0.3) is 0 Å². The third-order valence-electron chi connectivity index (χ3n) is 3.24. The van der Waals surface area contributed by atoms with Gasteiger partial charge in [0, 0.05) is 5.56 Å². The molecule has 0 saturated carbocycles. The zero-order valence-electron chi connectivity index (χ0n) is 11.1. The van der Waals surface area contributed by atoms with E-state index in [1.807, 2.05) is 30.3 Å². The van der Waals surface area contributed by atoms with E-state index in [0.717, 1.165) is 11.6 Å². The molecule has 5 heteroatoms. The summed E-state index contributed by atoms with van der Waals surface area (Å²) in [6.07, 6.45) is -5.42. The fourth-order valence-electron chi connectivity index (χ4n) is 2.13. The number of halogens is 4. The third kappa shape index (κ3) is 3.82. The monoisotopic (exact) mass is 298 g/mol. The SMILES string of the molecule is OC(CCc1ccccc1)c1cccc(C(F)(F)F)c1F. The molecule has 0 radical (unpaired) electrons. The Morgan fingerprint density at radius 2 is 1.62 bits per heavy atom. The number of hydrogen-bond donors (Lipinski definition) is 1. The van der Waals surface area contributed by atoms with Crippen molar-refractivity contribution in [3.05, 3.63) is 71.0 Å². The quantitative estimate of drug-likeness (QED) is 0.823. The zero-order valence-corrected chi connectivity index (χ0v) is 11.1. The van der Waals surface area contributed by atoms with Crippen LogP contribution in [-0.4, -0.2) is 5.11 Å². The van der Waals surface area contributed by atoms with E-state index in [1.54, 1.807) is 0 Å². The third-order valence-corrected chi connectivity index (χ3v) is 3.24. The van der Waals surface area contributed by atoms with Crippen molar-refractivity contribution in [1.29, 1.82) is 0 Å². The van der Waals surface area contributed by atoms with Gasteiger partial charge in [-0.2, -0.15) is 13.2 Å². The van der Waals surface area contributed by atoms with Crippen molar-refractivity contribution in [2.45, 2.75) is 25.1 Å². The molecule has 0 spiro atoms. The topological polar surface area (TPSA) is 20.2 Å². The first-order valence-electron chi connectivity index (χ1n) is 6.47. The molecule has 0 aliphatic rings. The average Bonchev–Trinajstić information content (AvgIpc) is 2.45. The zero-order chi connectivity index (χ0) is 15.5. The molecule has 112 valence electrons. The number of rotatable bonds is 4. The summed E-state index contributed by atoms with van der Waals surface area (Å²) in [4.78, 5) is 0. The minimum atomic E-state index is -4.76. The second-order valence-electron chi connectivity index (χ2n) is 4.75. The molecule has 0 amide bonds. The lowest BCUT2D eigenvalue weighted by molar-refractivity contribution is -0.140. The molecule has 0 aromatic heterocycles. The predicted molar refractivity (Wildman–Crippen MR) is 71.1 cm³/mol. The first-order valence-corrected chi connectivity index (χ1v) is 6.47. The lowest BCUT2D eigenvalue weighted by Gasteiger charge is -2.15. The molecule has 2 aromatic carbocycles. The Kier molecular flexibility index (Phi) is 4.63. The summed E-state index contributed by atoms with van der Waals surface area (Å²) in [6.45, 7) is 0. The van der Waals surface area contributed by atoms with E-state index < -0.39 is 23.7 Å². The standard InChI is InChI=1S/C16H14F4O/c17-15-12(7-4-8-13(15)16(18,19)20)14(21)10-9-11-5-2-1-3-6-11/h1-8,14,21H,9-10H2. The number of aliphatic hydroxyl groups excluding tert-OH is 1. The highest BCUT2D eigenvalue weighted by molar-refractivity contribution is 5.30. The molecule has 0 heterocycles. The second kappa shape index (κ2) is 6.26. The summed E-state index contributed by atoms with van der Waals surface area (Å²) >= 11 is 0. The summed E-state index contributed by atoms with van der Waals surface area (Å²) in [7, 11) is 0. The highest BCUT2D eigenvalue weighted by Gasteiger charge is 2.35. The Morgan fingerprint density at radius 3 is 2.24 bits per heavy atom. The van der Waals surface area contributed by atoms with Gasteiger partial charge in [-0.05, 0) is 24.5 Å². The van der Waals surface area contributed by atoms with Crippen molar-refractivity contribution >= 4 is 0 Å². The van der Waals surface area contributed by atoms with Crippen LogP contribution < -0.4 is 0 Å². The van der Waals surface area contributed by atoms with Crippen LogP contribution in [0, 0.1) is 5.82 Å². The van der Waals surface area contributed by atoms with E-state index in [1.165, 1.54) is 6.07 Å². The van der Waals surface area contributed by atoms with Gasteiger partial charge in [-0.25, -0.2) is 4.39 Å². The fraction of sp³-hybridized carbons (Fsp3) is 0.250. The highest BCUT2D eigenvalue weighted by atomic mass is 19.4. The van der Waals surface area contributed by atoms with E-state index in [0.29, 0.717) is 12.5 Å². The first-order chi connectivity index (χ1) is 9.89. The van der Waals surface area contributed by atoms with Crippen LogP contribution in [0.15, 0.2) is 48.5 Å². The molecule has 2 aromatic rings. The Hall–Kier alpha value is -1.88. The summed E-state index contributed by atoms with van der Waals surface area (Å²) in [5.41, 5.74) is -0.733. The van der Waals surface area contributed by atoms with Crippen molar-refractivity contribution in [3.63, 3.8) is 0 Å². The maximum atomic E-state index is 13.9. The van der Waals surface area contributed by atoms with Gasteiger partial charge in [0.2, 0.25) is 0 Å². The van der Waals surface area contributed by atoms with Gasteiger partial charge in [-0.3, -0.25) is 0 Å². The lowest BCUT2D eigenvalue weighted by Crippen LogP contribution is -2.12. The Balaban J connectivity index is 2.14. The number of benzene rings is 2. The fourth-order valence-corrected chi connectivity index (χ4v) is 2.13. The molecular weight excluding hydrogens is 284 g/mol. The van der Waals surface area contributed by atoms with Crippen LogP contribution in [0.4, 0.5) is 17.6 Å². The van der Waals surface area contributed by atoms with Crippen LogP contribution >= 0.6 is 0 Å². The van der Waals surface area contributed by atoms with Crippen LogP contribution in [0.3, 0.4) is 0 Å². The van der Waals surface area contributed by atoms with Crippen molar-refractivity contribution in [3.8, 4) is 0 Å². The summed E-state index contributed by atoms with van der Waals surface area (Å²) in [5.74, 6) is -1.40. The van der Waals surface area contributed by atoms with Crippen LogP contribution in [-0.2, 0) is 12.6 Å². The molecule has 0 saturated heterocycles. The van der Waals surface area contributed by atoms with Crippen LogP contribution in [0.2, 0.25) is 0 Å². The van der Waals surface area contributed by atoms with Crippen molar-refractivity contribution in [1.82, 2.24) is 0 Å². The molecule has 1 N–H and O–H groups in total. The van der Waals surface area contributed by atoms with E-state index in [-0.39, 0.29) is 12.0 Å². The minimum Gasteiger partial charge on any atom is -0.388 e. The normalized spacial score (nSPS) is 13.2. The molecule has 1 nitrogen and oxygen atoms in total. The molecule has 0 aliphatic carbocycles. The Labute approximate surface area is 119 Å². The summed E-state index contributed by atoms with van der Waals surface area (Å²) in [6, 6.07) is 12.1. The van der Waals surface area contributed by atoms with E-state index in [2.05, 4.69) is 0 Å². The Bertz CT molecular complexity index is 593. The van der Waals surface area contributed by atoms with Crippen LogP contribution in [0.25, 0.3) is 0 Å². The molecule has 2 rings (SSSR count). The highest BCUT2D eigenvalue weighted by Crippen LogP contribution is 2.34. The maximum Gasteiger partial charge on any atom is 0.419 e. The van der Waals surface area contributed by atoms with Crippen molar-refractivity contribution < 1.29 is 22.7 Å². The van der Waals surface area contributed by atoms with Gasteiger partial charge in [0.1, 0.15) is 5.82 Å². The number of hydrogen-bond acceptors (Lipinski definition) is 1. The van der Waals surface area contributed by atoms with Gasteiger partial charge < -0.3 is 5.11 Å². The van der Waals surface area contributed by atoms with Gasteiger partial charge in [-0.15, -0.1) is 0 Å². The van der Waals surface area contributed by atoms with Gasteiger partial charge in [-0.1, -0.05) is 42.5 Å². The largest absolute Gasteiger partial charge is 0.419 e. The number of alkyl halides is 3. The molecule has 0 bridgehead atoms. The van der Waals surface area contributed by atoms with Gasteiger partial charge in [0.05, 0.1) is 11.7 Å². The Morgan fingerprint density at radius 1 is 0.952 bits per heavy atom. The molecule has 0 fully saturated rings. The molecule has 21 heavy (non-hydrogen) atoms. The first kappa shape index (κ1) is 15.5. The van der Waals surface area contributed by atoms with E-state index >= 15 is 0 Å². The molecule has 0 aliphatic heterocycles. The molecular formula is C16H14F4O. The summed E-state index contributed by atoms with van der Waals surface area (Å²) < 4.78 is 51.7. The van der Waals surface area contributed by atoms with Gasteiger partial charge in [0.15, 0.2) is 0 Å². The maximum absolute atomic E-state index is 13.9. The van der Waals surface area contributed by atoms with Crippen LogP contribution in [0.1, 0.15) is 29.2 Å². The molecule has 1 atom stereocenters. The lowest BCUT2D eigenvalue weighted by atomic mass is 9.99.